The van der Waals surface area contributed by atoms with E-state index in [0.717, 1.165) is 17.5 Å². The van der Waals surface area contributed by atoms with E-state index in [1.165, 1.54) is 12.1 Å². The number of hydrogen-bond acceptors (Lipinski definition) is 2. The SMILES string of the molecule is CCc1cccc(Cl)c1-c1cc(F)cc2c1OCCO2. The van der Waals surface area contributed by atoms with Gasteiger partial charge >= 0.3 is 0 Å². The molecule has 1 heterocycles. The van der Waals surface area contributed by atoms with Crippen molar-refractivity contribution in [2.45, 2.75) is 13.3 Å². The van der Waals surface area contributed by atoms with E-state index in [1.54, 1.807) is 6.07 Å². The fraction of sp³-hybridized carbons (Fsp3) is 0.250. The molecule has 0 atom stereocenters. The van der Waals surface area contributed by atoms with E-state index in [4.69, 9.17) is 21.1 Å². The summed E-state index contributed by atoms with van der Waals surface area (Å²) in [6, 6.07) is 8.49. The Bertz CT molecular complexity index is 655. The molecule has 0 aromatic heterocycles. The molecule has 0 bridgehead atoms. The van der Waals surface area contributed by atoms with Gasteiger partial charge in [-0.3, -0.25) is 0 Å². The topological polar surface area (TPSA) is 18.5 Å². The number of fused-ring (bicyclic) bond motifs is 1. The smallest absolute Gasteiger partial charge is 0.169 e. The number of ether oxygens (including phenoxy) is 2. The van der Waals surface area contributed by atoms with Crippen LogP contribution < -0.4 is 9.47 Å². The summed E-state index contributed by atoms with van der Waals surface area (Å²) in [6.45, 7) is 2.93. The molecule has 0 unspecified atom stereocenters. The Morgan fingerprint density at radius 2 is 2.00 bits per heavy atom. The predicted molar refractivity (Wildman–Crippen MR) is 77.2 cm³/mol. The molecule has 0 amide bonds. The largest absolute Gasteiger partial charge is 0.486 e. The highest BCUT2D eigenvalue weighted by molar-refractivity contribution is 6.33. The second-order valence-electron chi connectivity index (χ2n) is 4.61. The van der Waals surface area contributed by atoms with Crippen LogP contribution in [0.15, 0.2) is 30.3 Å². The van der Waals surface area contributed by atoms with Gasteiger partial charge < -0.3 is 9.47 Å². The van der Waals surface area contributed by atoms with Crippen molar-refractivity contribution in [3.05, 3.63) is 46.7 Å². The Morgan fingerprint density at radius 3 is 2.80 bits per heavy atom. The summed E-state index contributed by atoms with van der Waals surface area (Å²) in [5.41, 5.74) is 2.53. The first-order chi connectivity index (χ1) is 9.70. The summed E-state index contributed by atoms with van der Waals surface area (Å²) in [4.78, 5) is 0. The lowest BCUT2D eigenvalue weighted by Gasteiger charge is -2.22. The maximum atomic E-state index is 13.8. The molecule has 104 valence electrons. The van der Waals surface area contributed by atoms with Crippen molar-refractivity contribution in [1.29, 1.82) is 0 Å². The summed E-state index contributed by atoms with van der Waals surface area (Å²) in [5, 5.41) is 0.589. The number of hydrogen-bond donors (Lipinski definition) is 0. The van der Waals surface area contributed by atoms with E-state index in [1.807, 2.05) is 19.1 Å². The molecule has 2 aromatic carbocycles. The molecule has 2 nitrogen and oxygen atoms in total. The molecule has 0 aliphatic carbocycles. The molecule has 20 heavy (non-hydrogen) atoms. The van der Waals surface area contributed by atoms with Gasteiger partial charge in [-0.05, 0) is 24.1 Å². The first kappa shape index (κ1) is 13.3. The molecule has 1 aliphatic heterocycles. The quantitative estimate of drug-likeness (QED) is 0.812. The minimum absolute atomic E-state index is 0.355. The van der Waals surface area contributed by atoms with E-state index in [0.29, 0.717) is 35.3 Å². The molecule has 0 fully saturated rings. The molecule has 3 rings (SSSR count). The van der Waals surface area contributed by atoms with Crippen LogP contribution in [0.3, 0.4) is 0 Å². The predicted octanol–water partition coefficient (Wildman–Crippen LogP) is 4.48. The van der Waals surface area contributed by atoms with Gasteiger partial charge in [0.15, 0.2) is 11.5 Å². The van der Waals surface area contributed by atoms with Gasteiger partial charge in [-0.2, -0.15) is 0 Å². The van der Waals surface area contributed by atoms with Crippen LogP contribution in [0.4, 0.5) is 4.39 Å². The summed E-state index contributed by atoms with van der Waals surface area (Å²) in [5.74, 6) is 0.653. The highest BCUT2D eigenvalue weighted by Crippen LogP contribution is 2.44. The molecule has 0 radical (unpaired) electrons. The monoisotopic (exact) mass is 292 g/mol. The van der Waals surface area contributed by atoms with Crippen LogP contribution in [0.25, 0.3) is 11.1 Å². The maximum absolute atomic E-state index is 13.8. The fourth-order valence-corrected chi connectivity index (χ4v) is 2.77. The molecule has 0 saturated heterocycles. The second kappa shape index (κ2) is 5.33. The van der Waals surface area contributed by atoms with Gasteiger partial charge in [-0.15, -0.1) is 0 Å². The summed E-state index contributed by atoms with van der Waals surface area (Å²) in [7, 11) is 0. The van der Waals surface area contributed by atoms with Gasteiger partial charge in [0.05, 0.1) is 0 Å². The lowest BCUT2D eigenvalue weighted by molar-refractivity contribution is 0.171. The van der Waals surface area contributed by atoms with Gasteiger partial charge in [0.2, 0.25) is 0 Å². The lowest BCUT2D eigenvalue weighted by Crippen LogP contribution is -2.16. The van der Waals surface area contributed by atoms with Crippen molar-refractivity contribution < 1.29 is 13.9 Å². The highest BCUT2D eigenvalue weighted by Gasteiger charge is 2.21. The third-order valence-corrected chi connectivity index (χ3v) is 3.67. The van der Waals surface area contributed by atoms with Crippen molar-refractivity contribution >= 4 is 11.6 Å². The van der Waals surface area contributed by atoms with Gasteiger partial charge in [0.1, 0.15) is 19.0 Å². The maximum Gasteiger partial charge on any atom is 0.169 e. The van der Waals surface area contributed by atoms with Crippen molar-refractivity contribution in [2.24, 2.45) is 0 Å². The average molecular weight is 293 g/mol. The molecule has 0 spiro atoms. The van der Waals surface area contributed by atoms with Crippen molar-refractivity contribution in [1.82, 2.24) is 0 Å². The summed E-state index contributed by atoms with van der Waals surface area (Å²) < 4.78 is 25.0. The van der Waals surface area contributed by atoms with E-state index >= 15 is 0 Å². The van der Waals surface area contributed by atoms with Crippen molar-refractivity contribution in [2.75, 3.05) is 13.2 Å². The third-order valence-electron chi connectivity index (χ3n) is 3.36. The van der Waals surface area contributed by atoms with Crippen LogP contribution in [0.2, 0.25) is 5.02 Å². The Kier molecular flexibility index (Phi) is 3.53. The van der Waals surface area contributed by atoms with E-state index in [9.17, 15) is 4.39 Å². The fourth-order valence-electron chi connectivity index (χ4n) is 2.47. The average Bonchev–Trinajstić information content (AvgIpc) is 2.46. The molecular weight excluding hydrogens is 279 g/mol. The normalized spacial score (nSPS) is 13.3. The van der Waals surface area contributed by atoms with Gasteiger partial charge in [0.25, 0.3) is 0 Å². The summed E-state index contributed by atoms with van der Waals surface area (Å²) >= 11 is 6.32. The van der Waals surface area contributed by atoms with Crippen molar-refractivity contribution in [3.63, 3.8) is 0 Å². The van der Waals surface area contributed by atoms with E-state index in [2.05, 4.69) is 0 Å². The Morgan fingerprint density at radius 1 is 1.20 bits per heavy atom. The van der Waals surface area contributed by atoms with Crippen LogP contribution >= 0.6 is 11.6 Å². The van der Waals surface area contributed by atoms with Crippen molar-refractivity contribution in [3.8, 4) is 22.6 Å². The minimum atomic E-state index is -0.355. The Labute approximate surface area is 122 Å². The van der Waals surface area contributed by atoms with E-state index in [-0.39, 0.29) is 5.82 Å². The zero-order valence-corrected chi connectivity index (χ0v) is 11.8. The zero-order valence-electron chi connectivity index (χ0n) is 11.1. The lowest BCUT2D eigenvalue weighted by atomic mass is 9.96. The van der Waals surface area contributed by atoms with Crippen LogP contribution in [0.1, 0.15) is 12.5 Å². The van der Waals surface area contributed by atoms with Crippen LogP contribution in [0, 0.1) is 5.82 Å². The number of benzene rings is 2. The van der Waals surface area contributed by atoms with Gasteiger partial charge in [-0.25, -0.2) is 4.39 Å². The molecule has 1 aliphatic rings. The summed E-state index contributed by atoms with van der Waals surface area (Å²) in [6.07, 6.45) is 0.808. The molecular formula is C16H14ClFO2. The Balaban J connectivity index is 2.27. The number of halogens is 2. The number of rotatable bonds is 2. The number of aryl methyl sites for hydroxylation is 1. The van der Waals surface area contributed by atoms with E-state index < -0.39 is 0 Å². The van der Waals surface area contributed by atoms with Gasteiger partial charge in [0, 0.05) is 22.2 Å². The first-order valence-electron chi connectivity index (χ1n) is 6.57. The van der Waals surface area contributed by atoms with Gasteiger partial charge in [-0.1, -0.05) is 30.7 Å². The highest BCUT2D eigenvalue weighted by atomic mass is 35.5. The zero-order chi connectivity index (χ0) is 14.1. The molecule has 2 aromatic rings. The van der Waals surface area contributed by atoms with Crippen LogP contribution in [-0.4, -0.2) is 13.2 Å². The van der Waals surface area contributed by atoms with Crippen LogP contribution in [0.5, 0.6) is 11.5 Å². The second-order valence-corrected chi connectivity index (χ2v) is 5.01. The minimum Gasteiger partial charge on any atom is -0.486 e. The Hall–Kier alpha value is -1.74. The third kappa shape index (κ3) is 2.22. The standard InChI is InChI=1S/C16H14ClFO2/c1-2-10-4-3-5-13(17)15(10)12-8-11(18)9-14-16(12)20-7-6-19-14/h3-5,8-9H,2,6-7H2,1H3. The molecule has 0 saturated carbocycles. The molecule has 0 N–H and O–H groups in total. The first-order valence-corrected chi connectivity index (χ1v) is 6.95. The molecule has 4 heteroatoms. The van der Waals surface area contributed by atoms with Crippen LogP contribution in [-0.2, 0) is 6.42 Å².